The molecule has 0 saturated carbocycles. The van der Waals surface area contributed by atoms with Gasteiger partial charge in [0, 0.05) is 25.7 Å². The summed E-state index contributed by atoms with van der Waals surface area (Å²) >= 11 is 0. The van der Waals surface area contributed by atoms with E-state index in [1.165, 1.54) is 4.90 Å². The number of carbonyl (C=O) groups is 1. The van der Waals surface area contributed by atoms with E-state index in [1.54, 1.807) is 0 Å². The topological polar surface area (TPSA) is 55.4 Å². The molecule has 10 heavy (non-hydrogen) atoms. The van der Waals surface area contributed by atoms with Gasteiger partial charge in [0.2, 0.25) is 0 Å². The number of hydrogen-bond acceptors (Lipinski definition) is 3. The molecule has 0 radical (unpaired) electrons. The van der Waals surface area contributed by atoms with Crippen molar-refractivity contribution < 1.29 is 9.90 Å². The van der Waals surface area contributed by atoms with Crippen molar-refractivity contribution in [1.82, 2.24) is 10.2 Å². The van der Waals surface area contributed by atoms with Crippen molar-refractivity contribution in [1.29, 1.82) is 0 Å². The van der Waals surface area contributed by atoms with Gasteiger partial charge < -0.3 is 20.1 Å². The van der Waals surface area contributed by atoms with Crippen LogP contribution < -0.4 is 10.4 Å². The number of nitrogens with one attached hydrogen (secondary N) is 1. The number of carbonyl (C=O) groups excluding carboxylic acids is 1. The van der Waals surface area contributed by atoms with Crippen LogP contribution in [0.4, 0.5) is 4.79 Å². The van der Waals surface area contributed by atoms with Crippen LogP contribution in [0.15, 0.2) is 0 Å². The van der Waals surface area contributed by atoms with Gasteiger partial charge in [0.15, 0.2) is 0 Å². The number of piperazine rings is 1. The predicted molar refractivity (Wildman–Crippen MR) is 34.4 cm³/mol. The molecule has 1 unspecified atom stereocenters. The summed E-state index contributed by atoms with van der Waals surface area (Å²) in [4.78, 5) is 11.7. The lowest BCUT2D eigenvalue weighted by atomic mass is 10.2. The van der Waals surface area contributed by atoms with Gasteiger partial charge in [-0.25, -0.2) is 0 Å². The van der Waals surface area contributed by atoms with Gasteiger partial charge in [0.05, 0.1) is 0 Å². The zero-order valence-electron chi connectivity index (χ0n) is 5.96. The molecule has 4 nitrogen and oxygen atoms in total. The van der Waals surface area contributed by atoms with Crippen molar-refractivity contribution in [3.8, 4) is 0 Å². The standard InChI is InChI=1S/C6H12N2O2/c1-5-4-7-2-3-8(5)6(9)10/h5,7H,2-4H2,1H3,(H,9,10)/p-1. The highest BCUT2D eigenvalue weighted by molar-refractivity contribution is 5.63. The van der Waals surface area contributed by atoms with E-state index in [-0.39, 0.29) is 6.04 Å². The second-order valence-electron chi connectivity index (χ2n) is 2.51. The third-order valence-corrected chi connectivity index (χ3v) is 1.74. The SMILES string of the molecule is CC1CNCCN1C(=O)[O-]. The lowest BCUT2D eigenvalue weighted by Gasteiger charge is -2.35. The molecular weight excluding hydrogens is 132 g/mol. The summed E-state index contributed by atoms with van der Waals surface area (Å²) in [6.07, 6.45) is -1.06. The van der Waals surface area contributed by atoms with Crippen LogP contribution in [0.2, 0.25) is 0 Å². The van der Waals surface area contributed by atoms with E-state index in [2.05, 4.69) is 5.32 Å². The Hall–Kier alpha value is -0.770. The van der Waals surface area contributed by atoms with Gasteiger partial charge in [-0.2, -0.15) is 0 Å². The lowest BCUT2D eigenvalue weighted by Crippen LogP contribution is -2.56. The molecule has 0 aromatic rings. The zero-order valence-corrected chi connectivity index (χ0v) is 5.96. The van der Waals surface area contributed by atoms with Gasteiger partial charge in [-0.3, -0.25) is 0 Å². The molecule has 58 valence electrons. The van der Waals surface area contributed by atoms with E-state index in [1.807, 2.05) is 6.92 Å². The van der Waals surface area contributed by atoms with Crippen molar-refractivity contribution in [2.24, 2.45) is 0 Å². The molecule has 0 bridgehead atoms. The first-order chi connectivity index (χ1) is 4.72. The maximum absolute atomic E-state index is 10.4. The molecule has 0 aliphatic carbocycles. The first-order valence-electron chi connectivity index (χ1n) is 3.40. The third kappa shape index (κ3) is 1.39. The first-order valence-corrected chi connectivity index (χ1v) is 3.40. The minimum absolute atomic E-state index is 0.0544. The zero-order chi connectivity index (χ0) is 7.56. The van der Waals surface area contributed by atoms with Crippen molar-refractivity contribution in [3.63, 3.8) is 0 Å². The van der Waals surface area contributed by atoms with Crippen molar-refractivity contribution in [2.75, 3.05) is 19.6 Å². The summed E-state index contributed by atoms with van der Waals surface area (Å²) in [6, 6.07) is 0.0544. The Morgan fingerprint density at radius 1 is 1.80 bits per heavy atom. The largest absolute Gasteiger partial charge is 0.530 e. The Kier molecular flexibility index (Phi) is 2.11. The van der Waals surface area contributed by atoms with E-state index in [9.17, 15) is 9.90 Å². The van der Waals surface area contributed by atoms with Crippen LogP contribution in [0.1, 0.15) is 6.92 Å². The number of nitrogens with zero attached hydrogens (tertiary/aromatic N) is 1. The molecular formula is C6H11N2O2-. The summed E-state index contributed by atoms with van der Waals surface area (Å²) in [5.41, 5.74) is 0. The minimum Gasteiger partial charge on any atom is -0.530 e. The molecule has 0 aromatic heterocycles. The fourth-order valence-electron chi connectivity index (χ4n) is 1.11. The molecule has 1 atom stereocenters. The number of amides is 1. The van der Waals surface area contributed by atoms with E-state index >= 15 is 0 Å². The average Bonchev–Trinajstić information content (AvgIpc) is 1.88. The molecule has 1 heterocycles. The summed E-state index contributed by atoms with van der Waals surface area (Å²) in [5, 5.41) is 13.4. The number of carboxylic acid groups (broad SMARTS) is 1. The lowest BCUT2D eigenvalue weighted by molar-refractivity contribution is -0.268. The normalized spacial score (nSPS) is 26.5. The summed E-state index contributed by atoms with van der Waals surface area (Å²) in [7, 11) is 0. The summed E-state index contributed by atoms with van der Waals surface area (Å²) in [5.74, 6) is 0. The Bertz CT molecular complexity index is 138. The molecule has 1 rings (SSSR count). The molecule has 1 aliphatic heterocycles. The highest BCUT2D eigenvalue weighted by atomic mass is 16.4. The van der Waals surface area contributed by atoms with Crippen LogP contribution in [0.25, 0.3) is 0 Å². The third-order valence-electron chi connectivity index (χ3n) is 1.74. The Balaban J connectivity index is 2.47. The minimum atomic E-state index is -1.06. The summed E-state index contributed by atoms with van der Waals surface area (Å²) in [6.45, 7) is 3.87. The molecule has 1 aliphatic rings. The highest BCUT2D eigenvalue weighted by Gasteiger charge is 2.16. The molecule has 0 spiro atoms. The fourth-order valence-corrected chi connectivity index (χ4v) is 1.11. The second-order valence-corrected chi connectivity index (χ2v) is 2.51. The van der Waals surface area contributed by atoms with Crippen LogP contribution in [0.5, 0.6) is 0 Å². The van der Waals surface area contributed by atoms with Crippen molar-refractivity contribution in [3.05, 3.63) is 0 Å². The van der Waals surface area contributed by atoms with Gasteiger partial charge in [0.25, 0.3) is 0 Å². The van der Waals surface area contributed by atoms with Crippen molar-refractivity contribution in [2.45, 2.75) is 13.0 Å². The molecule has 0 aromatic carbocycles. The van der Waals surface area contributed by atoms with E-state index < -0.39 is 6.09 Å². The second kappa shape index (κ2) is 2.88. The van der Waals surface area contributed by atoms with E-state index in [0.717, 1.165) is 13.1 Å². The van der Waals surface area contributed by atoms with Gasteiger partial charge >= 0.3 is 0 Å². The Labute approximate surface area is 59.8 Å². The molecule has 1 amide bonds. The molecule has 1 fully saturated rings. The Morgan fingerprint density at radius 2 is 2.50 bits per heavy atom. The van der Waals surface area contributed by atoms with Gasteiger partial charge in [-0.05, 0) is 6.92 Å². The monoisotopic (exact) mass is 143 g/mol. The van der Waals surface area contributed by atoms with Crippen LogP contribution in [0.3, 0.4) is 0 Å². The van der Waals surface area contributed by atoms with E-state index in [0.29, 0.717) is 6.54 Å². The predicted octanol–water partition coefficient (Wildman–Crippen LogP) is -1.38. The molecule has 1 N–H and O–H groups in total. The van der Waals surface area contributed by atoms with Gasteiger partial charge in [-0.1, -0.05) is 0 Å². The van der Waals surface area contributed by atoms with Gasteiger partial charge in [-0.15, -0.1) is 0 Å². The maximum atomic E-state index is 10.4. The van der Waals surface area contributed by atoms with Crippen LogP contribution in [-0.2, 0) is 0 Å². The van der Waals surface area contributed by atoms with Crippen LogP contribution in [-0.4, -0.2) is 36.7 Å². The highest BCUT2D eigenvalue weighted by Crippen LogP contribution is 1.99. The molecule has 4 heteroatoms. The fraction of sp³-hybridized carbons (Fsp3) is 0.833. The average molecular weight is 143 g/mol. The molecule has 1 saturated heterocycles. The van der Waals surface area contributed by atoms with Crippen molar-refractivity contribution >= 4 is 6.09 Å². The van der Waals surface area contributed by atoms with E-state index in [4.69, 9.17) is 0 Å². The first kappa shape index (κ1) is 7.34. The Morgan fingerprint density at radius 3 is 2.90 bits per heavy atom. The maximum Gasteiger partial charge on any atom is 0.137 e. The quantitative estimate of drug-likeness (QED) is 0.455. The van der Waals surface area contributed by atoms with Crippen LogP contribution in [0, 0.1) is 0 Å². The summed E-state index contributed by atoms with van der Waals surface area (Å²) < 4.78 is 0. The van der Waals surface area contributed by atoms with Crippen LogP contribution >= 0.6 is 0 Å². The number of rotatable bonds is 0. The smallest absolute Gasteiger partial charge is 0.137 e. The number of hydrogen-bond donors (Lipinski definition) is 1. The van der Waals surface area contributed by atoms with Gasteiger partial charge in [0.1, 0.15) is 6.09 Å².